The number of rotatable bonds is 10. The van der Waals surface area contributed by atoms with Gasteiger partial charge in [0, 0.05) is 35.2 Å². The van der Waals surface area contributed by atoms with Crippen LogP contribution in [-0.2, 0) is 22.6 Å². The molecule has 206 valence electrons. The van der Waals surface area contributed by atoms with Gasteiger partial charge in [0.25, 0.3) is 0 Å². The van der Waals surface area contributed by atoms with Crippen LogP contribution in [0.25, 0.3) is 0 Å². The Hall–Kier alpha value is -3.37. The third kappa shape index (κ3) is 7.39. The molecule has 4 rings (SSSR count). The number of hydrogen-bond acceptors (Lipinski definition) is 6. The van der Waals surface area contributed by atoms with Gasteiger partial charge in [0.05, 0.1) is 24.4 Å². The van der Waals surface area contributed by atoms with Gasteiger partial charge in [0.2, 0.25) is 0 Å². The Kier molecular flexibility index (Phi) is 10.00. The Morgan fingerprint density at radius 2 is 1.56 bits per heavy atom. The van der Waals surface area contributed by atoms with Crippen molar-refractivity contribution in [1.29, 1.82) is 0 Å². The minimum Gasteiger partial charge on any atom is -0.478 e. The van der Waals surface area contributed by atoms with Crippen LogP contribution in [-0.4, -0.2) is 40.6 Å². The predicted molar refractivity (Wildman–Crippen MR) is 149 cm³/mol. The Morgan fingerprint density at radius 1 is 0.897 bits per heavy atom. The number of carboxylic acid groups (broad SMARTS) is 1. The Bertz CT molecular complexity index is 1250. The van der Waals surface area contributed by atoms with Gasteiger partial charge >= 0.3 is 12.0 Å². The van der Waals surface area contributed by atoms with Crippen molar-refractivity contribution in [2.75, 3.05) is 12.3 Å². The molecule has 0 aliphatic carbocycles. The molecule has 1 saturated heterocycles. The van der Waals surface area contributed by atoms with Crippen molar-refractivity contribution < 1.29 is 29.3 Å². The van der Waals surface area contributed by atoms with Crippen LogP contribution in [0.1, 0.15) is 58.9 Å². The van der Waals surface area contributed by atoms with Crippen molar-refractivity contribution in [2.24, 2.45) is 5.92 Å². The summed E-state index contributed by atoms with van der Waals surface area (Å²) < 4.78 is 13.0. The SMILES string of the molecule is CCNC(=O)NCc1ccc([C@@H]2O[C@H](CSc3ccccc3C(=O)O)[C@H](C)[C@H](c3ccc(CO)cc3)O2)cc1. The lowest BCUT2D eigenvalue weighted by Gasteiger charge is -2.41. The summed E-state index contributed by atoms with van der Waals surface area (Å²) in [5.74, 6) is -0.433. The number of thioether (sulfide) groups is 1. The molecule has 3 aromatic carbocycles. The zero-order valence-electron chi connectivity index (χ0n) is 22.0. The zero-order chi connectivity index (χ0) is 27.8. The largest absolute Gasteiger partial charge is 0.478 e. The first-order valence-electron chi connectivity index (χ1n) is 13.0. The summed E-state index contributed by atoms with van der Waals surface area (Å²) in [7, 11) is 0. The highest BCUT2D eigenvalue weighted by Crippen LogP contribution is 2.43. The molecular formula is C30H34N2O6S. The molecule has 0 saturated carbocycles. The van der Waals surface area contributed by atoms with Crippen LogP contribution in [0.15, 0.2) is 77.7 Å². The summed E-state index contributed by atoms with van der Waals surface area (Å²) in [6, 6.07) is 22.2. The van der Waals surface area contributed by atoms with E-state index in [2.05, 4.69) is 17.6 Å². The second-order valence-electron chi connectivity index (χ2n) is 9.39. The van der Waals surface area contributed by atoms with Gasteiger partial charge in [-0.05, 0) is 35.7 Å². The van der Waals surface area contributed by atoms with Gasteiger partial charge in [-0.1, -0.05) is 67.6 Å². The second kappa shape index (κ2) is 13.6. The normalized spacial score (nSPS) is 20.8. The van der Waals surface area contributed by atoms with E-state index in [1.54, 1.807) is 12.1 Å². The highest BCUT2D eigenvalue weighted by atomic mass is 32.2. The van der Waals surface area contributed by atoms with Crippen LogP contribution in [0.5, 0.6) is 0 Å². The molecule has 0 bridgehead atoms. The molecule has 1 fully saturated rings. The highest BCUT2D eigenvalue weighted by Gasteiger charge is 2.38. The summed E-state index contributed by atoms with van der Waals surface area (Å²) >= 11 is 1.46. The van der Waals surface area contributed by atoms with E-state index in [1.807, 2.05) is 67.6 Å². The van der Waals surface area contributed by atoms with E-state index < -0.39 is 12.3 Å². The van der Waals surface area contributed by atoms with Crippen molar-refractivity contribution in [3.63, 3.8) is 0 Å². The summed E-state index contributed by atoms with van der Waals surface area (Å²) in [6.45, 7) is 4.87. The number of aliphatic hydroxyl groups excluding tert-OH is 1. The number of ether oxygens (including phenoxy) is 2. The minimum atomic E-state index is -0.958. The minimum absolute atomic E-state index is 0.0220. The summed E-state index contributed by atoms with van der Waals surface area (Å²) in [6.07, 6.45) is -1.12. The molecule has 8 nitrogen and oxygen atoms in total. The quantitative estimate of drug-likeness (QED) is 0.254. The Morgan fingerprint density at radius 3 is 2.23 bits per heavy atom. The lowest BCUT2D eigenvalue weighted by molar-refractivity contribution is -0.268. The average molecular weight is 551 g/mol. The topological polar surface area (TPSA) is 117 Å². The molecular weight excluding hydrogens is 516 g/mol. The van der Waals surface area contributed by atoms with Crippen molar-refractivity contribution in [2.45, 2.75) is 50.4 Å². The molecule has 39 heavy (non-hydrogen) atoms. The van der Waals surface area contributed by atoms with Gasteiger partial charge < -0.3 is 30.3 Å². The first kappa shape index (κ1) is 28.6. The number of nitrogens with one attached hydrogen (secondary N) is 2. The number of benzene rings is 3. The Labute approximate surface area is 232 Å². The van der Waals surface area contributed by atoms with Gasteiger partial charge in [0.15, 0.2) is 6.29 Å². The van der Waals surface area contributed by atoms with Gasteiger partial charge in [-0.2, -0.15) is 0 Å². The fraction of sp³-hybridized carbons (Fsp3) is 0.333. The number of aromatic carboxylic acids is 1. The monoisotopic (exact) mass is 550 g/mol. The molecule has 1 aliphatic heterocycles. The van der Waals surface area contributed by atoms with E-state index in [0.29, 0.717) is 23.7 Å². The van der Waals surface area contributed by atoms with Crippen molar-refractivity contribution in [3.8, 4) is 0 Å². The number of aliphatic hydroxyl groups is 1. The third-order valence-corrected chi connectivity index (χ3v) is 7.85. The standard InChI is InChI=1S/C30H34N2O6S/c1-3-31-30(36)32-16-20-8-14-23(15-9-20)29-37-25(18-39-26-7-5-4-6-24(26)28(34)35)19(2)27(38-29)22-12-10-21(17-33)11-13-22/h4-15,19,25,27,29,33H,3,16-18H2,1-2H3,(H,34,35)(H2,31,32,36)/t19-,25+,27+,29+/m0/s1. The number of carbonyl (C=O) groups excluding carboxylic acids is 1. The summed E-state index contributed by atoms with van der Waals surface area (Å²) in [5.41, 5.74) is 3.87. The zero-order valence-corrected chi connectivity index (χ0v) is 22.8. The van der Waals surface area contributed by atoms with Crippen molar-refractivity contribution in [3.05, 3.63) is 101 Å². The molecule has 1 aliphatic rings. The lowest BCUT2D eigenvalue weighted by atomic mass is 9.91. The number of urea groups is 1. The molecule has 0 aromatic heterocycles. The first-order chi connectivity index (χ1) is 18.9. The van der Waals surface area contributed by atoms with Crippen LogP contribution >= 0.6 is 11.8 Å². The number of amides is 2. The molecule has 4 N–H and O–H groups in total. The van der Waals surface area contributed by atoms with E-state index >= 15 is 0 Å². The van der Waals surface area contributed by atoms with Gasteiger partial charge in [0.1, 0.15) is 0 Å². The smallest absolute Gasteiger partial charge is 0.336 e. The van der Waals surface area contributed by atoms with Gasteiger partial charge in [-0.25, -0.2) is 9.59 Å². The molecule has 0 spiro atoms. The second-order valence-corrected chi connectivity index (χ2v) is 10.5. The molecule has 1 heterocycles. The van der Waals surface area contributed by atoms with E-state index in [1.165, 1.54) is 11.8 Å². The maximum atomic E-state index is 11.7. The number of carboxylic acids is 1. The molecule has 2 amide bonds. The predicted octanol–water partition coefficient (Wildman–Crippen LogP) is 5.28. The maximum absolute atomic E-state index is 11.7. The first-order valence-corrected chi connectivity index (χ1v) is 13.9. The molecule has 3 aromatic rings. The van der Waals surface area contributed by atoms with Crippen molar-refractivity contribution >= 4 is 23.8 Å². The van der Waals surface area contributed by atoms with E-state index in [4.69, 9.17) is 9.47 Å². The summed E-state index contributed by atoms with van der Waals surface area (Å²) in [5, 5.41) is 24.6. The van der Waals surface area contributed by atoms with E-state index in [-0.39, 0.29) is 36.3 Å². The van der Waals surface area contributed by atoms with Crippen LogP contribution in [0.4, 0.5) is 4.79 Å². The number of hydrogen-bond donors (Lipinski definition) is 4. The van der Waals surface area contributed by atoms with Crippen molar-refractivity contribution in [1.82, 2.24) is 10.6 Å². The molecule has 9 heteroatoms. The van der Waals surface area contributed by atoms with Gasteiger partial charge in [-0.15, -0.1) is 11.8 Å². The Balaban J connectivity index is 1.54. The highest BCUT2D eigenvalue weighted by molar-refractivity contribution is 7.99. The fourth-order valence-electron chi connectivity index (χ4n) is 4.45. The maximum Gasteiger partial charge on any atom is 0.336 e. The fourth-order valence-corrected chi connectivity index (χ4v) is 5.66. The van der Waals surface area contributed by atoms with Crippen LogP contribution in [0, 0.1) is 5.92 Å². The molecule has 0 unspecified atom stereocenters. The third-order valence-electron chi connectivity index (χ3n) is 6.69. The van der Waals surface area contributed by atoms with E-state index in [9.17, 15) is 19.8 Å². The number of carbonyl (C=O) groups is 2. The summed E-state index contributed by atoms with van der Waals surface area (Å²) in [4.78, 5) is 24.1. The molecule has 4 atom stereocenters. The van der Waals surface area contributed by atoms with Crippen LogP contribution in [0.3, 0.4) is 0 Å². The van der Waals surface area contributed by atoms with Crippen LogP contribution < -0.4 is 10.6 Å². The van der Waals surface area contributed by atoms with E-state index in [0.717, 1.165) is 22.3 Å². The van der Waals surface area contributed by atoms with Gasteiger partial charge in [-0.3, -0.25) is 0 Å². The molecule has 0 radical (unpaired) electrons. The average Bonchev–Trinajstić information content (AvgIpc) is 2.96. The van der Waals surface area contributed by atoms with Crippen LogP contribution in [0.2, 0.25) is 0 Å². The lowest BCUT2D eigenvalue weighted by Crippen LogP contribution is -2.38.